The number of aryl methyl sites for hydroxylation is 1. The average Bonchev–Trinajstić information content (AvgIpc) is 2.75. The molecule has 6 nitrogen and oxygen atoms in total. The molecule has 1 unspecified atom stereocenters. The Morgan fingerprint density at radius 3 is 2.25 bits per heavy atom. The average molecular weight is 505 g/mol. The van der Waals surface area contributed by atoms with E-state index in [9.17, 15) is 9.59 Å². The Labute approximate surface area is 199 Å². The number of carbonyl (C=O) groups is 2. The van der Waals surface area contributed by atoms with Crippen LogP contribution < -0.4 is 14.8 Å². The Hall–Kier alpha value is -2.54. The highest BCUT2D eigenvalue weighted by Crippen LogP contribution is 2.26. The van der Waals surface area contributed by atoms with Gasteiger partial charge in [0.25, 0.3) is 5.91 Å². The topological polar surface area (TPSA) is 67.9 Å². The third-order valence-electron chi connectivity index (χ3n) is 4.93. The predicted octanol–water partition coefficient (Wildman–Crippen LogP) is 4.73. The molecule has 0 aromatic heterocycles. The van der Waals surface area contributed by atoms with E-state index in [4.69, 9.17) is 9.47 Å². The first-order valence-corrected chi connectivity index (χ1v) is 11.5. The van der Waals surface area contributed by atoms with Gasteiger partial charge in [-0.1, -0.05) is 25.1 Å². The number of nitrogens with one attached hydrogen (secondary N) is 1. The smallest absolute Gasteiger partial charge is 0.261 e. The van der Waals surface area contributed by atoms with E-state index in [0.717, 1.165) is 22.2 Å². The van der Waals surface area contributed by atoms with Gasteiger partial charge < -0.3 is 19.7 Å². The van der Waals surface area contributed by atoms with Crippen molar-refractivity contribution in [1.29, 1.82) is 0 Å². The molecular weight excluding hydrogens is 472 g/mol. The molecule has 0 spiro atoms. The molecule has 7 heteroatoms. The summed E-state index contributed by atoms with van der Waals surface area (Å²) in [6, 6.07) is 12.6. The Balaban J connectivity index is 2.19. The summed E-state index contributed by atoms with van der Waals surface area (Å²) in [4.78, 5) is 27.5. The number of halogens is 1. The molecule has 0 aliphatic heterocycles. The lowest BCUT2D eigenvalue weighted by molar-refractivity contribution is -0.142. The number of carbonyl (C=O) groups excluding carboxylic acids is 2. The van der Waals surface area contributed by atoms with Gasteiger partial charge in [0.1, 0.15) is 17.5 Å². The van der Waals surface area contributed by atoms with Gasteiger partial charge in [-0.3, -0.25) is 9.59 Å². The zero-order valence-corrected chi connectivity index (χ0v) is 21.3. The van der Waals surface area contributed by atoms with Crippen LogP contribution in [0.5, 0.6) is 11.5 Å². The van der Waals surface area contributed by atoms with Crippen LogP contribution in [0.15, 0.2) is 46.9 Å². The highest BCUT2D eigenvalue weighted by molar-refractivity contribution is 9.10. The predicted molar refractivity (Wildman–Crippen MR) is 130 cm³/mol. The van der Waals surface area contributed by atoms with E-state index in [1.54, 1.807) is 14.0 Å². The van der Waals surface area contributed by atoms with Crippen LogP contribution >= 0.6 is 15.9 Å². The van der Waals surface area contributed by atoms with Crippen molar-refractivity contribution in [3.63, 3.8) is 0 Å². The SMILES string of the molecule is CCc1ccc(OCC(=O)N(Cc2ccc(OC)cc2)C(C)C(=O)NC(C)(C)C)c(Br)c1. The van der Waals surface area contributed by atoms with Crippen LogP contribution in [0, 0.1) is 0 Å². The fraction of sp³-hybridized carbons (Fsp3) is 0.440. The minimum atomic E-state index is -0.668. The third kappa shape index (κ3) is 7.55. The summed E-state index contributed by atoms with van der Waals surface area (Å²) in [6.45, 7) is 9.64. The van der Waals surface area contributed by atoms with Gasteiger partial charge in [0, 0.05) is 12.1 Å². The van der Waals surface area contributed by atoms with E-state index in [0.29, 0.717) is 5.75 Å². The quantitative estimate of drug-likeness (QED) is 0.535. The summed E-state index contributed by atoms with van der Waals surface area (Å²) in [7, 11) is 1.60. The fourth-order valence-electron chi connectivity index (χ4n) is 3.09. The second-order valence-corrected chi connectivity index (χ2v) is 9.55. The van der Waals surface area contributed by atoms with Crippen LogP contribution in [0.25, 0.3) is 0 Å². The summed E-state index contributed by atoms with van der Waals surface area (Å²) >= 11 is 3.50. The second kappa shape index (κ2) is 11.4. The monoisotopic (exact) mass is 504 g/mol. The van der Waals surface area contributed by atoms with Crippen LogP contribution in [0.4, 0.5) is 0 Å². The molecule has 0 bridgehead atoms. The molecule has 2 rings (SSSR count). The van der Waals surface area contributed by atoms with Gasteiger partial charge in [-0.25, -0.2) is 0 Å². The van der Waals surface area contributed by atoms with Gasteiger partial charge in [0.15, 0.2) is 6.61 Å². The van der Waals surface area contributed by atoms with Crippen molar-refractivity contribution in [2.24, 2.45) is 0 Å². The molecule has 0 aliphatic rings. The fourth-order valence-corrected chi connectivity index (χ4v) is 3.63. The Morgan fingerprint density at radius 2 is 1.72 bits per heavy atom. The molecule has 2 aromatic carbocycles. The van der Waals surface area contributed by atoms with Crippen molar-refractivity contribution >= 4 is 27.7 Å². The van der Waals surface area contributed by atoms with Crippen molar-refractivity contribution < 1.29 is 19.1 Å². The standard InChI is InChI=1S/C25H33BrN2O4/c1-7-18-10-13-22(21(26)14-18)32-16-23(29)28(17(2)24(30)27-25(3,4)5)15-19-8-11-20(31-6)12-9-19/h8-14,17H,7,15-16H2,1-6H3,(H,27,30). The first-order chi connectivity index (χ1) is 15.0. The first-order valence-electron chi connectivity index (χ1n) is 10.7. The first kappa shape index (κ1) is 25.7. The largest absolute Gasteiger partial charge is 0.497 e. The molecule has 2 amide bonds. The van der Waals surface area contributed by atoms with Crippen molar-refractivity contribution in [1.82, 2.24) is 10.2 Å². The molecule has 0 saturated heterocycles. The maximum Gasteiger partial charge on any atom is 0.261 e. The zero-order valence-electron chi connectivity index (χ0n) is 19.7. The summed E-state index contributed by atoms with van der Waals surface area (Å²) in [5.74, 6) is 0.831. The lowest BCUT2D eigenvalue weighted by Crippen LogP contribution is -2.53. The molecule has 0 radical (unpaired) electrons. The van der Waals surface area contributed by atoms with Crippen molar-refractivity contribution in [2.75, 3.05) is 13.7 Å². The van der Waals surface area contributed by atoms with Gasteiger partial charge in [-0.05, 0) is 85.4 Å². The maximum atomic E-state index is 13.2. The molecule has 174 valence electrons. The lowest BCUT2D eigenvalue weighted by Gasteiger charge is -2.31. The number of hydrogen-bond donors (Lipinski definition) is 1. The minimum Gasteiger partial charge on any atom is -0.497 e. The van der Waals surface area contributed by atoms with Gasteiger partial charge in [-0.15, -0.1) is 0 Å². The maximum absolute atomic E-state index is 13.2. The summed E-state index contributed by atoms with van der Waals surface area (Å²) in [5, 5.41) is 2.95. The molecule has 2 aromatic rings. The highest BCUT2D eigenvalue weighted by Gasteiger charge is 2.28. The third-order valence-corrected chi connectivity index (χ3v) is 5.55. The van der Waals surface area contributed by atoms with E-state index in [-0.39, 0.29) is 25.0 Å². The second-order valence-electron chi connectivity index (χ2n) is 8.69. The van der Waals surface area contributed by atoms with Crippen LogP contribution in [0.3, 0.4) is 0 Å². The Kier molecular flexibility index (Phi) is 9.13. The van der Waals surface area contributed by atoms with E-state index in [1.165, 1.54) is 10.5 Å². The van der Waals surface area contributed by atoms with Crippen molar-refractivity contribution in [3.05, 3.63) is 58.1 Å². The van der Waals surface area contributed by atoms with Crippen molar-refractivity contribution in [3.8, 4) is 11.5 Å². The summed E-state index contributed by atoms with van der Waals surface area (Å²) < 4.78 is 11.8. The van der Waals surface area contributed by atoms with Gasteiger partial charge in [0.05, 0.1) is 11.6 Å². The molecule has 32 heavy (non-hydrogen) atoms. The Morgan fingerprint density at radius 1 is 1.09 bits per heavy atom. The van der Waals surface area contributed by atoms with Crippen LogP contribution in [-0.2, 0) is 22.6 Å². The zero-order chi connectivity index (χ0) is 23.9. The number of amides is 2. The number of hydrogen-bond acceptors (Lipinski definition) is 4. The number of nitrogens with zero attached hydrogens (tertiary/aromatic N) is 1. The number of ether oxygens (including phenoxy) is 2. The number of benzene rings is 2. The van der Waals surface area contributed by atoms with Gasteiger partial charge >= 0.3 is 0 Å². The summed E-state index contributed by atoms with van der Waals surface area (Å²) in [6.07, 6.45) is 0.911. The molecule has 1 atom stereocenters. The van der Waals surface area contributed by atoms with Gasteiger partial charge in [0.2, 0.25) is 5.91 Å². The van der Waals surface area contributed by atoms with Gasteiger partial charge in [-0.2, -0.15) is 0 Å². The highest BCUT2D eigenvalue weighted by atomic mass is 79.9. The number of rotatable bonds is 9. The molecular formula is C25H33BrN2O4. The molecule has 0 saturated carbocycles. The van der Waals surface area contributed by atoms with E-state index >= 15 is 0 Å². The molecule has 0 aliphatic carbocycles. The molecule has 0 fully saturated rings. The summed E-state index contributed by atoms with van der Waals surface area (Å²) in [5.41, 5.74) is 1.66. The van der Waals surface area contributed by atoms with Crippen LogP contribution in [-0.4, -0.2) is 42.0 Å². The van der Waals surface area contributed by atoms with E-state index in [2.05, 4.69) is 28.2 Å². The normalized spacial score (nSPS) is 12.1. The van der Waals surface area contributed by atoms with E-state index < -0.39 is 11.6 Å². The van der Waals surface area contributed by atoms with Crippen molar-refractivity contribution in [2.45, 2.75) is 59.2 Å². The Bertz CT molecular complexity index is 923. The minimum absolute atomic E-state index is 0.173. The van der Waals surface area contributed by atoms with Crippen LogP contribution in [0.2, 0.25) is 0 Å². The molecule has 1 N–H and O–H groups in total. The lowest BCUT2D eigenvalue weighted by atomic mass is 10.1. The van der Waals surface area contributed by atoms with Crippen LogP contribution in [0.1, 0.15) is 45.7 Å². The molecule has 0 heterocycles. The number of methoxy groups -OCH3 is 1. The van der Waals surface area contributed by atoms with E-state index in [1.807, 2.05) is 63.2 Å².